The van der Waals surface area contributed by atoms with Crippen LogP contribution in [0.4, 0.5) is 5.95 Å². The van der Waals surface area contributed by atoms with Crippen molar-refractivity contribution in [2.24, 2.45) is 7.05 Å². The second-order valence-corrected chi connectivity index (χ2v) is 3.43. The first-order valence-electron chi connectivity index (χ1n) is 5.02. The monoisotopic (exact) mass is 205 g/mol. The van der Waals surface area contributed by atoms with Crippen molar-refractivity contribution in [3.05, 3.63) is 30.4 Å². The van der Waals surface area contributed by atoms with Gasteiger partial charge < -0.3 is 9.88 Å². The van der Waals surface area contributed by atoms with Gasteiger partial charge in [0.15, 0.2) is 0 Å². The molecule has 0 aromatic carbocycles. The summed E-state index contributed by atoms with van der Waals surface area (Å²) in [4.78, 5) is 4.23. The third kappa shape index (κ3) is 2.18. The van der Waals surface area contributed by atoms with Crippen LogP contribution in [0.25, 0.3) is 0 Å². The highest BCUT2D eigenvalue weighted by molar-refractivity contribution is 5.26. The van der Waals surface area contributed by atoms with Crippen LogP contribution in [-0.4, -0.2) is 25.9 Å². The summed E-state index contributed by atoms with van der Waals surface area (Å²) in [5, 5.41) is 7.34. The molecule has 0 unspecified atom stereocenters. The van der Waals surface area contributed by atoms with E-state index in [1.54, 1.807) is 10.9 Å². The molecule has 0 spiro atoms. The SMILES string of the molecule is CCNc1nccn1Cc1cnn(C)c1. The van der Waals surface area contributed by atoms with Gasteiger partial charge in [0.1, 0.15) is 0 Å². The molecule has 2 aromatic rings. The Bertz CT molecular complexity index is 428. The summed E-state index contributed by atoms with van der Waals surface area (Å²) in [6.45, 7) is 3.74. The summed E-state index contributed by atoms with van der Waals surface area (Å²) in [7, 11) is 1.92. The molecule has 0 bridgehead atoms. The molecule has 0 aliphatic heterocycles. The third-order valence-electron chi connectivity index (χ3n) is 2.16. The first-order valence-corrected chi connectivity index (χ1v) is 5.02. The minimum atomic E-state index is 0.802. The molecule has 1 N–H and O–H groups in total. The van der Waals surface area contributed by atoms with Gasteiger partial charge in [-0.25, -0.2) is 4.98 Å². The zero-order valence-corrected chi connectivity index (χ0v) is 9.01. The molecular formula is C10H15N5. The molecular weight excluding hydrogens is 190 g/mol. The number of anilines is 1. The van der Waals surface area contributed by atoms with Crippen molar-refractivity contribution in [1.82, 2.24) is 19.3 Å². The van der Waals surface area contributed by atoms with Crippen molar-refractivity contribution in [3.8, 4) is 0 Å². The highest BCUT2D eigenvalue weighted by Crippen LogP contribution is 2.08. The fourth-order valence-corrected chi connectivity index (χ4v) is 1.51. The quantitative estimate of drug-likeness (QED) is 0.813. The molecule has 0 atom stereocenters. The van der Waals surface area contributed by atoms with E-state index in [1.165, 1.54) is 5.56 Å². The highest BCUT2D eigenvalue weighted by atomic mass is 15.2. The van der Waals surface area contributed by atoms with E-state index in [4.69, 9.17) is 0 Å². The van der Waals surface area contributed by atoms with Crippen LogP contribution >= 0.6 is 0 Å². The minimum absolute atomic E-state index is 0.802. The zero-order valence-electron chi connectivity index (χ0n) is 9.01. The summed E-state index contributed by atoms with van der Waals surface area (Å²) in [6.07, 6.45) is 7.64. The van der Waals surface area contributed by atoms with Gasteiger partial charge in [0.2, 0.25) is 5.95 Å². The van der Waals surface area contributed by atoms with Crippen molar-refractivity contribution >= 4 is 5.95 Å². The first kappa shape index (κ1) is 9.76. The minimum Gasteiger partial charge on any atom is -0.356 e. The van der Waals surface area contributed by atoms with E-state index >= 15 is 0 Å². The van der Waals surface area contributed by atoms with Gasteiger partial charge >= 0.3 is 0 Å². The normalized spacial score (nSPS) is 10.5. The fourth-order valence-electron chi connectivity index (χ4n) is 1.51. The van der Waals surface area contributed by atoms with Gasteiger partial charge in [0, 0.05) is 37.7 Å². The predicted molar refractivity (Wildman–Crippen MR) is 58.7 cm³/mol. The number of rotatable bonds is 4. The summed E-state index contributed by atoms with van der Waals surface area (Å²) in [5.41, 5.74) is 1.18. The number of nitrogens with one attached hydrogen (secondary N) is 1. The Hall–Kier alpha value is -1.78. The van der Waals surface area contributed by atoms with E-state index in [-0.39, 0.29) is 0 Å². The molecule has 0 amide bonds. The average Bonchev–Trinajstić information content (AvgIpc) is 2.78. The number of imidazole rings is 1. The smallest absolute Gasteiger partial charge is 0.203 e. The van der Waals surface area contributed by atoms with Crippen LogP contribution in [0.5, 0.6) is 0 Å². The molecule has 15 heavy (non-hydrogen) atoms. The Morgan fingerprint density at radius 1 is 1.47 bits per heavy atom. The number of hydrogen-bond donors (Lipinski definition) is 1. The van der Waals surface area contributed by atoms with Gasteiger partial charge in [-0.15, -0.1) is 0 Å². The van der Waals surface area contributed by atoms with E-state index in [2.05, 4.69) is 26.9 Å². The van der Waals surface area contributed by atoms with Gasteiger partial charge in [0.25, 0.3) is 0 Å². The van der Waals surface area contributed by atoms with Crippen molar-refractivity contribution in [2.75, 3.05) is 11.9 Å². The molecule has 0 aliphatic rings. The van der Waals surface area contributed by atoms with Gasteiger partial charge in [-0.3, -0.25) is 4.68 Å². The van der Waals surface area contributed by atoms with Gasteiger partial charge in [-0.05, 0) is 6.92 Å². The molecule has 2 aromatic heterocycles. The maximum Gasteiger partial charge on any atom is 0.203 e. The second kappa shape index (κ2) is 4.16. The Morgan fingerprint density at radius 2 is 2.33 bits per heavy atom. The largest absolute Gasteiger partial charge is 0.356 e. The lowest BCUT2D eigenvalue weighted by atomic mass is 10.3. The van der Waals surface area contributed by atoms with Gasteiger partial charge in [-0.1, -0.05) is 0 Å². The van der Waals surface area contributed by atoms with Crippen LogP contribution in [0, 0.1) is 0 Å². The maximum atomic E-state index is 4.23. The fraction of sp³-hybridized carbons (Fsp3) is 0.400. The molecule has 2 heterocycles. The molecule has 5 nitrogen and oxygen atoms in total. The lowest BCUT2D eigenvalue weighted by Gasteiger charge is -2.06. The molecule has 80 valence electrons. The maximum absolute atomic E-state index is 4.23. The summed E-state index contributed by atoms with van der Waals surface area (Å²) >= 11 is 0. The number of nitrogens with zero attached hydrogens (tertiary/aromatic N) is 4. The van der Waals surface area contributed by atoms with Crippen molar-refractivity contribution in [3.63, 3.8) is 0 Å². The molecule has 5 heteroatoms. The van der Waals surface area contributed by atoms with E-state index in [9.17, 15) is 0 Å². The number of aryl methyl sites for hydroxylation is 1. The standard InChI is InChI=1S/C10H15N5/c1-3-11-10-12-4-5-15(10)8-9-6-13-14(2)7-9/h4-7H,3,8H2,1-2H3,(H,11,12). The van der Waals surface area contributed by atoms with Gasteiger partial charge in [0.05, 0.1) is 12.7 Å². The van der Waals surface area contributed by atoms with Crippen molar-refractivity contribution in [2.45, 2.75) is 13.5 Å². The van der Waals surface area contributed by atoms with Crippen LogP contribution in [-0.2, 0) is 13.6 Å². The lowest BCUT2D eigenvalue weighted by Crippen LogP contribution is -2.06. The van der Waals surface area contributed by atoms with E-state index in [0.29, 0.717) is 0 Å². The molecule has 0 radical (unpaired) electrons. The topological polar surface area (TPSA) is 47.7 Å². The second-order valence-electron chi connectivity index (χ2n) is 3.43. The molecule has 0 fully saturated rings. The van der Waals surface area contributed by atoms with E-state index < -0.39 is 0 Å². The predicted octanol–water partition coefficient (Wildman–Crippen LogP) is 1.10. The van der Waals surface area contributed by atoms with Crippen molar-refractivity contribution in [1.29, 1.82) is 0 Å². The van der Waals surface area contributed by atoms with E-state index in [1.807, 2.05) is 25.6 Å². The van der Waals surface area contributed by atoms with Crippen LogP contribution in [0.3, 0.4) is 0 Å². The highest BCUT2D eigenvalue weighted by Gasteiger charge is 2.02. The molecule has 0 saturated carbocycles. The van der Waals surface area contributed by atoms with Crippen LogP contribution in [0.1, 0.15) is 12.5 Å². The Balaban J connectivity index is 2.13. The number of hydrogen-bond acceptors (Lipinski definition) is 3. The van der Waals surface area contributed by atoms with Gasteiger partial charge in [-0.2, -0.15) is 5.10 Å². The van der Waals surface area contributed by atoms with E-state index in [0.717, 1.165) is 19.0 Å². The molecule has 2 rings (SSSR count). The third-order valence-corrected chi connectivity index (χ3v) is 2.16. The van der Waals surface area contributed by atoms with Crippen LogP contribution in [0.2, 0.25) is 0 Å². The average molecular weight is 205 g/mol. The Kier molecular flexibility index (Phi) is 2.71. The summed E-state index contributed by atoms with van der Waals surface area (Å²) in [6, 6.07) is 0. The lowest BCUT2D eigenvalue weighted by molar-refractivity contribution is 0.762. The summed E-state index contributed by atoms with van der Waals surface area (Å²) < 4.78 is 3.87. The van der Waals surface area contributed by atoms with Crippen molar-refractivity contribution < 1.29 is 0 Å². The van der Waals surface area contributed by atoms with Crippen LogP contribution in [0.15, 0.2) is 24.8 Å². The zero-order chi connectivity index (χ0) is 10.7. The number of aromatic nitrogens is 4. The Morgan fingerprint density at radius 3 is 3.00 bits per heavy atom. The Labute approximate surface area is 88.7 Å². The molecule has 0 aliphatic carbocycles. The first-order chi connectivity index (χ1) is 7.29. The summed E-state index contributed by atoms with van der Waals surface area (Å²) in [5.74, 6) is 0.904. The molecule has 0 saturated heterocycles. The van der Waals surface area contributed by atoms with Crippen LogP contribution < -0.4 is 5.32 Å².